The van der Waals surface area contributed by atoms with Crippen molar-refractivity contribution >= 4 is 43.9 Å². The minimum absolute atomic E-state index is 0.647. The van der Waals surface area contributed by atoms with Crippen LogP contribution in [0.5, 0.6) is 0 Å². The smallest absolute Gasteiger partial charge is 0.162 e. The van der Waals surface area contributed by atoms with E-state index in [4.69, 9.17) is 14.4 Å². The summed E-state index contributed by atoms with van der Waals surface area (Å²) in [5.74, 6) is 0.647. The monoisotopic (exact) mass is 715 g/mol. The number of para-hydroxylation sites is 4. The third-order valence-electron chi connectivity index (χ3n) is 10.8. The quantitative estimate of drug-likeness (QED) is 0.172. The van der Waals surface area contributed by atoms with Crippen LogP contribution in [-0.2, 0) is 0 Å². The van der Waals surface area contributed by atoms with Crippen molar-refractivity contribution in [2.24, 2.45) is 0 Å². The maximum atomic E-state index is 6.63. The minimum atomic E-state index is 0.647. The first kappa shape index (κ1) is 31.9. The summed E-state index contributed by atoms with van der Waals surface area (Å²) < 4.78 is 8.88. The van der Waals surface area contributed by atoms with Gasteiger partial charge in [-0.05, 0) is 81.9 Å². The lowest BCUT2D eigenvalue weighted by molar-refractivity contribution is 0.670. The number of rotatable bonds is 6. The molecule has 11 rings (SSSR count). The van der Waals surface area contributed by atoms with Gasteiger partial charge in [0.15, 0.2) is 5.82 Å². The van der Waals surface area contributed by atoms with Crippen LogP contribution >= 0.6 is 0 Å². The summed E-state index contributed by atoms with van der Waals surface area (Å²) in [5.41, 5.74) is 14.3. The van der Waals surface area contributed by atoms with Crippen LogP contribution in [0.3, 0.4) is 0 Å². The number of hydrogen-bond acceptors (Lipinski definition) is 3. The van der Waals surface area contributed by atoms with Gasteiger partial charge in [-0.2, -0.15) is 0 Å². The van der Waals surface area contributed by atoms with Crippen LogP contribution < -0.4 is 0 Å². The SMILES string of the molecule is c1ccc(-c2cccc(-c3cccc(-c4cccc(-c5nc(-c6cccc7c6oc6ccccc67)c6c7ccccc7n(-c7ccccc7)c6n5)c4)c3)c2)cc1. The average Bonchev–Trinajstić information content (AvgIpc) is 3.83. The lowest BCUT2D eigenvalue weighted by atomic mass is 9.95. The van der Waals surface area contributed by atoms with E-state index in [2.05, 4.69) is 187 Å². The number of nitrogens with zero attached hydrogens (tertiary/aromatic N) is 3. The Labute approximate surface area is 323 Å². The summed E-state index contributed by atoms with van der Waals surface area (Å²) in [6.45, 7) is 0. The summed E-state index contributed by atoms with van der Waals surface area (Å²) in [5, 5.41) is 4.23. The highest BCUT2D eigenvalue weighted by atomic mass is 16.3. The zero-order valence-corrected chi connectivity index (χ0v) is 30.3. The molecule has 0 radical (unpaired) electrons. The maximum Gasteiger partial charge on any atom is 0.162 e. The Hall–Kier alpha value is -7.56. The van der Waals surface area contributed by atoms with Gasteiger partial charge in [0.2, 0.25) is 0 Å². The summed E-state index contributed by atoms with van der Waals surface area (Å²) in [6.07, 6.45) is 0. The van der Waals surface area contributed by atoms with Crippen LogP contribution in [0.1, 0.15) is 0 Å². The second-order valence-electron chi connectivity index (χ2n) is 14.2. The summed E-state index contributed by atoms with van der Waals surface area (Å²) in [6, 6.07) is 70.2. The molecular formula is C52H33N3O. The molecule has 0 spiro atoms. The van der Waals surface area contributed by atoms with Gasteiger partial charge in [0.25, 0.3) is 0 Å². The first-order chi connectivity index (χ1) is 27.8. The van der Waals surface area contributed by atoms with Gasteiger partial charge in [-0.15, -0.1) is 0 Å². The van der Waals surface area contributed by atoms with Crippen molar-refractivity contribution in [1.29, 1.82) is 0 Å². The van der Waals surface area contributed by atoms with Crippen LogP contribution in [0.25, 0.3) is 106 Å². The number of hydrogen-bond donors (Lipinski definition) is 0. The lowest BCUT2D eigenvalue weighted by Gasteiger charge is -2.12. The maximum absolute atomic E-state index is 6.63. The number of furan rings is 1. The summed E-state index contributed by atoms with van der Waals surface area (Å²) in [7, 11) is 0. The third-order valence-corrected chi connectivity index (χ3v) is 10.8. The van der Waals surface area contributed by atoms with E-state index in [1.807, 2.05) is 18.2 Å². The number of benzene rings is 8. The van der Waals surface area contributed by atoms with E-state index in [1.165, 1.54) is 16.7 Å². The Kier molecular flexibility index (Phi) is 7.46. The van der Waals surface area contributed by atoms with Gasteiger partial charge in [-0.3, -0.25) is 4.57 Å². The topological polar surface area (TPSA) is 43.9 Å². The zero-order chi connectivity index (χ0) is 37.0. The van der Waals surface area contributed by atoms with Gasteiger partial charge in [-0.25, -0.2) is 9.97 Å². The standard InChI is InChI=1S/C52H33N3O/c1-3-15-34(16-4-1)35-17-11-18-36(31-35)37-19-12-20-38(32-37)39-21-13-22-40(33-39)51-53-49(45-28-14-27-43-42-25-8-10-30-47(42)56-50(43)45)48-44-26-7-9-29-46(44)55(52(48)54-51)41-23-5-2-6-24-41/h1-33H. The van der Waals surface area contributed by atoms with Crippen molar-refractivity contribution in [3.8, 4) is 61.7 Å². The first-order valence-electron chi connectivity index (χ1n) is 18.9. The molecule has 8 aromatic carbocycles. The lowest BCUT2D eigenvalue weighted by Crippen LogP contribution is -1.99. The fourth-order valence-electron chi connectivity index (χ4n) is 8.17. The molecule has 0 atom stereocenters. The van der Waals surface area contributed by atoms with Crippen LogP contribution in [0.15, 0.2) is 205 Å². The summed E-state index contributed by atoms with van der Waals surface area (Å²) >= 11 is 0. The Morgan fingerprint density at radius 3 is 1.62 bits per heavy atom. The van der Waals surface area contributed by atoms with E-state index in [1.54, 1.807) is 0 Å². The van der Waals surface area contributed by atoms with Gasteiger partial charge in [0, 0.05) is 33.0 Å². The van der Waals surface area contributed by atoms with Crippen molar-refractivity contribution in [3.05, 3.63) is 200 Å². The molecule has 4 heteroatoms. The van der Waals surface area contributed by atoms with E-state index in [0.29, 0.717) is 5.82 Å². The second-order valence-corrected chi connectivity index (χ2v) is 14.2. The van der Waals surface area contributed by atoms with Crippen molar-refractivity contribution in [1.82, 2.24) is 14.5 Å². The van der Waals surface area contributed by atoms with Gasteiger partial charge >= 0.3 is 0 Å². The Morgan fingerprint density at radius 1 is 0.393 bits per heavy atom. The van der Waals surface area contributed by atoms with E-state index < -0.39 is 0 Å². The molecule has 3 heterocycles. The molecule has 0 saturated carbocycles. The molecule has 0 fully saturated rings. The first-order valence-corrected chi connectivity index (χ1v) is 18.9. The molecule has 262 valence electrons. The highest BCUT2D eigenvalue weighted by Crippen LogP contribution is 2.42. The van der Waals surface area contributed by atoms with Crippen LogP contribution in [0.4, 0.5) is 0 Å². The highest BCUT2D eigenvalue weighted by molar-refractivity contribution is 6.17. The van der Waals surface area contributed by atoms with E-state index in [0.717, 1.165) is 83.1 Å². The Bertz CT molecular complexity index is 3250. The van der Waals surface area contributed by atoms with E-state index in [9.17, 15) is 0 Å². The molecule has 56 heavy (non-hydrogen) atoms. The summed E-state index contributed by atoms with van der Waals surface area (Å²) in [4.78, 5) is 10.9. The number of aromatic nitrogens is 3. The molecule has 0 N–H and O–H groups in total. The molecule has 0 aliphatic rings. The molecule has 11 aromatic rings. The van der Waals surface area contributed by atoms with Crippen molar-refractivity contribution in [2.45, 2.75) is 0 Å². The highest BCUT2D eigenvalue weighted by Gasteiger charge is 2.23. The fraction of sp³-hybridized carbons (Fsp3) is 0. The third kappa shape index (κ3) is 5.31. The molecule has 0 amide bonds. The molecule has 4 nitrogen and oxygen atoms in total. The predicted molar refractivity (Wildman–Crippen MR) is 231 cm³/mol. The van der Waals surface area contributed by atoms with Crippen LogP contribution in [-0.4, -0.2) is 14.5 Å². The van der Waals surface area contributed by atoms with E-state index in [-0.39, 0.29) is 0 Å². The van der Waals surface area contributed by atoms with E-state index >= 15 is 0 Å². The van der Waals surface area contributed by atoms with Gasteiger partial charge in [-0.1, -0.05) is 152 Å². The van der Waals surface area contributed by atoms with Gasteiger partial charge < -0.3 is 4.42 Å². The zero-order valence-electron chi connectivity index (χ0n) is 30.3. The molecular weight excluding hydrogens is 683 g/mol. The molecule has 3 aromatic heterocycles. The van der Waals surface area contributed by atoms with Crippen LogP contribution in [0.2, 0.25) is 0 Å². The Balaban J connectivity index is 1.11. The molecule has 0 aliphatic heterocycles. The van der Waals surface area contributed by atoms with Crippen molar-refractivity contribution in [2.75, 3.05) is 0 Å². The van der Waals surface area contributed by atoms with Crippen LogP contribution in [0, 0.1) is 0 Å². The van der Waals surface area contributed by atoms with Gasteiger partial charge in [0.05, 0.1) is 16.6 Å². The average molecular weight is 716 g/mol. The molecule has 0 aliphatic carbocycles. The molecule has 0 saturated heterocycles. The number of fused-ring (bicyclic) bond motifs is 6. The normalized spacial score (nSPS) is 11.6. The Morgan fingerprint density at radius 2 is 0.911 bits per heavy atom. The predicted octanol–water partition coefficient (Wildman–Crippen LogP) is 13.8. The second kappa shape index (κ2) is 13.1. The van der Waals surface area contributed by atoms with Crippen molar-refractivity contribution < 1.29 is 4.42 Å². The molecule has 0 bridgehead atoms. The fourth-order valence-corrected chi connectivity index (χ4v) is 8.17. The molecule has 0 unspecified atom stereocenters. The van der Waals surface area contributed by atoms with Crippen molar-refractivity contribution in [3.63, 3.8) is 0 Å². The minimum Gasteiger partial charge on any atom is -0.455 e. The van der Waals surface area contributed by atoms with Gasteiger partial charge in [0.1, 0.15) is 16.8 Å². The largest absolute Gasteiger partial charge is 0.455 e.